The van der Waals surface area contributed by atoms with Crippen molar-refractivity contribution in [1.82, 2.24) is 5.32 Å². The van der Waals surface area contributed by atoms with Crippen molar-refractivity contribution in [2.75, 3.05) is 6.61 Å². The predicted molar refractivity (Wildman–Crippen MR) is 87.7 cm³/mol. The minimum atomic E-state index is 0.265. The highest BCUT2D eigenvalue weighted by Crippen LogP contribution is 2.46. The number of hydrogen-bond acceptors (Lipinski definition) is 3. The van der Waals surface area contributed by atoms with Crippen LogP contribution in [-0.4, -0.2) is 23.5 Å². The lowest BCUT2D eigenvalue weighted by atomic mass is 9.75. The molecule has 0 bridgehead atoms. The third-order valence-corrected chi connectivity index (χ3v) is 6.35. The molecule has 3 aliphatic rings. The zero-order valence-corrected chi connectivity index (χ0v) is 13.5. The predicted octanol–water partition coefficient (Wildman–Crippen LogP) is 4.13. The molecule has 1 spiro atoms. The van der Waals surface area contributed by atoms with Gasteiger partial charge < -0.3 is 10.1 Å². The second kappa shape index (κ2) is 5.94. The fraction of sp³-hybridized carbons (Fsp3) is 0.667. The zero-order chi connectivity index (χ0) is 14.1. The molecule has 1 aromatic carbocycles. The molecular formula is C18H25NOS. The van der Waals surface area contributed by atoms with Crippen LogP contribution < -0.4 is 5.32 Å². The monoisotopic (exact) mass is 303 g/mol. The minimum absolute atomic E-state index is 0.265. The Labute approximate surface area is 132 Å². The molecule has 1 unspecified atom stereocenters. The highest BCUT2D eigenvalue weighted by atomic mass is 32.2. The number of ether oxygens (including phenoxy) is 1. The van der Waals surface area contributed by atoms with Crippen molar-refractivity contribution < 1.29 is 4.74 Å². The van der Waals surface area contributed by atoms with E-state index in [-0.39, 0.29) is 5.60 Å². The van der Waals surface area contributed by atoms with Crippen molar-refractivity contribution in [2.45, 2.75) is 73.3 Å². The SMILES string of the molecule is c1cc(CNC2CC2)cc(SC2CCOC3(CCC3)C2)c1. The maximum absolute atomic E-state index is 6.04. The van der Waals surface area contributed by atoms with Crippen LogP contribution in [-0.2, 0) is 11.3 Å². The normalized spacial score (nSPS) is 27.5. The summed E-state index contributed by atoms with van der Waals surface area (Å²) in [6.45, 7) is 1.98. The average molecular weight is 303 g/mol. The highest BCUT2D eigenvalue weighted by Gasteiger charge is 2.42. The van der Waals surface area contributed by atoms with Gasteiger partial charge in [-0.25, -0.2) is 0 Å². The molecule has 3 heteroatoms. The Morgan fingerprint density at radius 3 is 2.90 bits per heavy atom. The van der Waals surface area contributed by atoms with E-state index in [0.29, 0.717) is 0 Å². The summed E-state index contributed by atoms with van der Waals surface area (Å²) in [5, 5.41) is 4.35. The van der Waals surface area contributed by atoms with Crippen molar-refractivity contribution in [3.8, 4) is 0 Å². The molecule has 1 N–H and O–H groups in total. The van der Waals surface area contributed by atoms with Crippen molar-refractivity contribution in [2.24, 2.45) is 0 Å². The van der Waals surface area contributed by atoms with Gasteiger partial charge in [0.2, 0.25) is 0 Å². The van der Waals surface area contributed by atoms with Gasteiger partial charge in [-0.3, -0.25) is 0 Å². The molecule has 1 heterocycles. The van der Waals surface area contributed by atoms with E-state index in [1.807, 2.05) is 0 Å². The number of thioether (sulfide) groups is 1. The van der Waals surface area contributed by atoms with E-state index in [2.05, 4.69) is 41.3 Å². The molecule has 4 rings (SSSR count). The number of hydrogen-bond donors (Lipinski definition) is 1. The van der Waals surface area contributed by atoms with Crippen LogP contribution in [0.4, 0.5) is 0 Å². The minimum Gasteiger partial charge on any atom is -0.375 e. The molecule has 1 saturated heterocycles. The lowest BCUT2D eigenvalue weighted by molar-refractivity contribution is -0.125. The van der Waals surface area contributed by atoms with Crippen LogP contribution in [0.25, 0.3) is 0 Å². The van der Waals surface area contributed by atoms with Crippen molar-refractivity contribution in [3.05, 3.63) is 29.8 Å². The Morgan fingerprint density at radius 1 is 1.24 bits per heavy atom. The van der Waals surface area contributed by atoms with E-state index in [1.165, 1.54) is 55.4 Å². The van der Waals surface area contributed by atoms with Crippen LogP contribution >= 0.6 is 11.8 Å². The molecule has 0 amide bonds. The van der Waals surface area contributed by atoms with E-state index in [0.717, 1.165) is 24.4 Å². The van der Waals surface area contributed by atoms with Crippen LogP contribution in [0, 0.1) is 0 Å². The van der Waals surface area contributed by atoms with Crippen molar-refractivity contribution in [1.29, 1.82) is 0 Å². The van der Waals surface area contributed by atoms with Gasteiger partial charge >= 0.3 is 0 Å². The Bertz CT molecular complexity index is 496. The first-order valence-corrected chi connectivity index (χ1v) is 9.32. The first kappa shape index (κ1) is 14.1. The first-order valence-electron chi connectivity index (χ1n) is 8.44. The topological polar surface area (TPSA) is 21.3 Å². The van der Waals surface area contributed by atoms with Crippen LogP contribution in [0.3, 0.4) is 0 Å². The van der Waals surface area contributed by atoms with Gasteiger partial charge in [-0.2, -0.15) is 0 Å². The van der Waals surface area contributed by atoms with Gasteiger partial charge in [0, 0.05) is 29.3 Å². The Morgan fingerprint density at radius 2 is 2.14 bits per heavy atom. The van der Waals surface area contributed by atoms with E-state index < -0.39 is 0 Å². The summed E-state index contributed by atoms with van der Waals surface area (Å²) in [7, 11) is 0. The first-order chi connectivity index (χ1) is 10.3. The van der Waals surface area contributed by atoms with E-state index in [1.54, 1.807) is 0 Å². The fourth-order valence-electron chi connectivity index (χ4n) is 3.47. The molecule has 1 aromatic rings. The van der Waals surface area contributed by atoms with Gasteiger partial charge in [-0.05, 0) is 62.6 Å². The largest absolute Gasteiger partial charge is 0.375 e. The van der Waals surface area contributed by atoms with Gasteiger partial charge in [0.05, 0.1) is 5.60 Å². The van der Waals surface area contributed by atoms with E-state index in [4.69, 9.17) is 4.74 Å². The van der Waals surface area contributed by atoms with Crippen LogP contribution in [0.1, 0.15) is 50.5 Å². The van der Waals surface area contributed by atoms with Gasteiger partial charge in [-0.1, -0.05) is 12.1 Å². The molecule has 0 aromatic heterocycles. The summed E-state index contributed by atoms with van der Waals surface area (Å²) < 4.78 is 6.04. The standard InChI is InChI=1S/C18H25NOS/c1-3-14(13-19-15-5-6-15)11-16(4-1)21-17-7-10-20-18(12-17)8-2-9-18/h1,3-4,11,15,17,19H,2,5-10,12-13H2. The van der Waals surface area contributed by atoms with E-state index in [9.17, 15) is 0 Å². The molecule has 1 aliphatic heterocycles. The number of rotatable bonds is 5. The summed E-state index contributed by atoms with van der Waals surface area (Å²) in [5.74, 6) is 0. The number of benzene rings is 1. The van der Waals surface area contributed by atoms with Crippen molar-refractivity contribution in [3.63, 3.8) is 0 Å². The zero-order valence-electron chi connectivity index (χ0n) is 12.6. The number of nitrogens with one attached hydrogen (secondary N) is 1. The third kappa shape index (κ3) is 3.46. The molecule has 0 radical (unpaired) electrons. The molecule has 114 valence electrons. The summed E-state index contributed by atoms with van der Waals surface area (Å²) in [6.07, 6.45) is 9.11. The van der Waals surface area contributed by atoms with Gasteiger partial charge in [-0.15, -0.1) is 11.8 Å². The smallest absolute Gasteiger partial charge is 0.0693 e. The Balaban J connectivity index is 1.35. The molecule has 3 fully saturated rings. The molecule has 2 aliphatic carbocycles. The Kier molecular flexibility index (Phi) is 3.99. The van der Waals surface area contributed by atoms with E-state index >= 15 is 0 Å². The second-order valence-electron chi connectivity index (χ2n) is 6.92. The summed E-state index contributed by atoms with van der Waals surface area (Å²) in [4.78, 5) is 1.44. The summed E-state index contributed by atoms with van der Waals surface area (Å²) >= 11 is 2.07. The summed E-state index contributed by atoms with van der Waals surface area (Å²) in [6, 6.07) is 9.90. The van der Waals surface area contributed by atoms with Gasteiger partial charge in [0.25, 0.3) is 0 Å². The maximum Gasteiger partial charge on any atom is 0.0693 e. The fourth-order valence-corrected chi connectivity index (χ4v) is 4.84. The molecule has 1 atom stereocenters. The molecule has 2 nitrogen and oxygen atoms in total. The lowest BCUT2D eigenvalue weighted by Gasteiger charge is -2.47. The van der Waals surface area contributed by atoms with Gasteiger partial charge in [0.15, 0.2) is 0 Å². The van der Waals surface area contributed by atoms with Crippen LogP contribution in [0.15, 0.2) is 29.2 Å². The molecule has 2 saturated carbocycles. The Hall–Kier alpha value is -0.510. The van der Waals surface area contributed by atoms with Crippen molar-refractivity contribution >= 4 is 11.8 Å². The molecule has 21 heavy (non-hydrogen) atoms. The highest BCUT2D eigenvalue weighted by molar-refractivity contribution is 8.00. The van der Waals surface area contributed by atoms with Crippen LogP contribution in [0.2, 0.25) is 0 Å². The second-order valence-corrected chi connectivity index (χ2v) is 8.29. The lowest BCUT2D eigenvalue weighted by Crippen LogP contribution is -2.46. The van der Waals surface area contributed by atoms with Crippen LogP contribution in [0.5, 0.6) is 0 Å². The summed E-state index contributed by atoms with van der Waals surface area (Å²) in [5.41, 5.74) is 1.69. The average Bonchev–Trinajstić information content (AvgIpc) is 3.28. The third-order valence-electron chi connectivity index (χ3n) is 5.09. The quantitative estimate of drug-likeness (QED) is 0.883. The van der Waals surface area contributed by atoms with Gasteiger partial charge in [0.1, 0.15) is 0 Å². The maximum atomic E-state index is 6.04. The molecular weight excluding hydrogens is 278 g/mol.